The van der Waals surface area contributed by atoms with Crippen molar-refractivity contribution in [1.82, 2.24) is 0 Å². The maximum absolute atomic E-state index is 11.8. The summed E-state index contributed by atoms with van der Waals surface area (Å²) in [7, 11) is -1.86. The Kier molecular flexibility index (Phi) is 9.90. The third kappa shape index (κ3) is 8.57. The predicted molar refractivity (Wildman–Crippen MR) is 150 cm³/mol. The van der Waals surface area contributed by atoms with Crippen molar-refractivity contribution in [3.8, 4) is 11.8 Å². The van der Waals surface area contributed by atoms with E-state index in [1.165, 1.54) is 5.56 Å². The molecule has 188 valence electrons. The Hall–Kier alpha value is -1.98. The number of carbonyl (C=O) groups is 1. The Morgan fingerprint density at radius 1 is 0.743 bits per heavy atom. The standard InChI is InChI=1S/C30H42O3Si2/c1-21(31)24-14-12-13-22(19-24)15-16-23-17-18-25(27(29(2,3)4)32-34(8)9)26(20-23)28(30(5,6)7)33-35(10)11/h12-14,17-20,27-28H,1-11H3. The van der Waals surface area contributed by atoms with Crippen molar-refractivity contribution in [1.29, 1.82) is 0 Å². The van der Waals surface area contributed by atoms with Crippen LogP contribution in [0.3, 0.4) is 0 Å². The van der Waals surface area contributed by atoms with E-state index >= 15 is 0 Å². The number of benzene rings is 2. The third-order valence-corrected chi connectivity index (χ3v) is 6.97. The van der Waals surface area contributed by atoms with Crippen LogP contribution in [0.5, 0.6) is 0 Å². The first-order valence-corrected chi connectivity index (χ1v) is 17.1. The van der Waals surface area contributed by atoms with Crippen LogP contribution in [0.4, 0.5) is 0 Å². The number of carbonyl (C=O) groups excluding carboxylic acids is 1. The van der Waals surface area contributed by atoms with Crippen molar-refractivity contribution in [3.63, 3.8) is 0 Å². The zero-order chi connectivity index (χ0) is 26.6. The fourth-order valence-electron chi connectivity index (χ4n) is 3.96. The van der Waals surface area contributed by atoms with Gasteiger partial charge in [-0.15, -0.1) is 0 Å². The molecule has 0 aliphatic heterocycles. The Labute approximate surface area is 217 Å². The molecule has 5 heteroatoms. The van der Waals surface area contributed by atoms with E-state index in [0.717, 1.165) is 16.7 Å². The largest absolute Gasteiger partial charge is 0.410 e. The molecule has 0 fully saturated rings. The van der Waals surface area contributed by atoms with Gasteiger partial charge in [0.15, 0.2) is 5.78 Å². The molecule has 2 aromatic carbocycles. The van der Waals surface area contributed by atoms with E-state index in [1.807, 2.05) is 24.3 Å². The average Bonchev–Trinajstić information content (AvgIpc) is 2.73. The highest BCUT2D eigenvalue weighted by molar-refractivity contribution is 6.48. The van der Waals surface area contributed by atoms with E-state index < -0.39 is 18.1 Å². The summed E-state index contributed by atoms with van der Waals surface area (Å²) in [5.74, 6) is 6.62. The lowest BCUT2D eigenvalue weighted by Gasteiger charge is -2.39. The van der Waals surface area contributed by atoms with Gasteiger partial charge < -0.3 is 8.85 Å². The highest BCUT2D eigenvalue weighted by Gasteiger charge is 2.36. The minimum atomic E-state index is -0.945. The van der Waals surface area contributed by atoms with Crippen LogP contribution in [0.1, 0.15) is 93.3 Å². The number of ketones is 1. The molecule has 0 saturated heterocycles. The summed E-state index contributed by atoms with van der Waals surface area (Å²) in [6.07, 6.45) is -0.101. The second-order valence-electron chi connectivity index (χ2n) is 11.8. The van der Waals surface area contributed by atoms with Gasteiger partial charge in [-0.05, 0) is 79.3 Å². The zero-order valence-corrected chi connectivity index (χ0v) is 25.4. The third-order valence-electron chi connectivity index (χ3n) is 5.55. The van der Waals surface area contributed by atoms with Gasteiger partial charge in [0, 0.05) is 16.7 Å². The SMILES string of the molecule is CC(=O)c1cccc(C#Cc2ccc(C(O[Si](C)C)C(C)(C)C)c(C(O[Si](C)C)C(C)(C)C)c2)c1. The molecule has 0 aliphatic carbocycles. The molecule has 2 unspecified atom stereocenters. The highest BCUT2D eigenvalue weighted by atomic mass is 28.3. The quantitative estimate of drug-likeness (QED) is 0.217. The minimum absolute atomic E-state index is 0.0338. The molecular weight excluding hydrogens is 464 g/mol. The van der Waals surface area contributed by atoms with E-state index in [1.54, 1.807) is 6.92 Å². The van der Waals surface area contributed by atoms with Crippen LogP contribution in [-0.4, -0.2) is 23.9 Å². The highest BCUT2D eigenvalue weighted by Crippen LogP contribution is 2.45. The van der Waals surface area contributed by atoms with E-state index in [-0.39, 0.29) is 28.8 Å². The number of Topliss-reactive ketones (excluding diaryl/α,β-unsaturated/α-hetero) is 1. The Morgan fingerprint density at radius 3 is 1.69 bits per heavy atom. The molecule has 0 bridgehead atoms. The fourth-order valence-corrected chi connectivity index (χ4v) is 5.87. The summed E-state index contributed by atoms with van der Waals surface area (Å²) in [4.78, 5) is 11.8. The summed E-state index contributed by atoms with van der Waals surface area (Å²) in [5.41, 5.74) is 4.64. The molecule has 0 N–H and O–H groups in total. The second kappa shape index (κ2) is 11.8. The zero-order valence-electron chi connectivity index (χ0n) is 23.4. The maximum atomic E-state index is 11.8. The van der Waals surface area contributed by atoms with Crippen LogP contribution in [-0.2, 0) is 8.85 Å². The summed E-state index contributed by atoms with van der Waals surface area (Å²) >= 11 is 0. The van der Waals surface area contributed by atoms with E-state index in [2.05, 4.69) is 97.8 Å². The molecule has 0 saturated carbocycles. The minimum Gasteiger partial charge on any atom is -0.410 e. The Bertz CT molecular complexity index is 1080. The van der Waals surface area contributed by atoms with Crippen LogP contribution < -0.4 is 0 Å². The summed E-state index contributed by atoms with van der Waals surface area (Å²) < 4.78 is 13.2. The molecule has 2 atom stereocenters. The molecule has 0 heterocycles. The fraction of sp³-hybridized carbons (Fsp3) is 0.500. The van der Waals surface area contributed by atoms with Crippen molar-refractivity contribution in [2.24, 2.45) is 10.8 Å². The number of hydrogen-bond acceptors (Lipinski definition) is 3. The van der Waals surface area contributed by atoms with Crippen LogP contribution >= 0.6 is 0 Å². The molecule has 2 radical (unpaired) electrons. The van der Waals surface area contributed by atoms with Crippen LogP contribution in [0.25, 0.3) is 0 Å². The average molecular weight is 507 g/mol. The first-order chi connectivity index (χ1) is 16.1. The lowest BCUT2D eigenvalue weighted by molar-refractivity contribution is 0.0656. The van der Waals surface area contributed by atoms with Gasteiger partial charge in [0.1, 0.15) is 0 Å². The monoisotopic (exact) mass is 506 g/mol. The molecule has 0 spiro atoms. The first-order valence-electron chi connectivity index (χ1n) is 12.3. The van der Waals surface area contributed by atoms with E-state index in [4.69, 9.17) is 8.85 Å². The molecule has 2 aromatic rings. The van der Waals surface area contributed by atoms with Gasteiger partial charge in [-0.1, -0.05) is 71.6 Å². The molecule has 3 nitrogen and oxygen atoms in total. The van der Waals surface area contributed by atoms with Crippen molar-refractivity contribution < 1.29 is 13.6 Å². The van der Waals surface area contributed by atoms with E-state index in [0.29, 0.717) is 5.56 Å². The van der Waals surface area contributed by atoms with Gasteiger partial charge in [-0.3, -0.25) is 4.79 Å². The predicted octanol–water partition coefficient (Wildman–Crippen LogP) is 8.00. The van der Waals surface area contributed by atoms with Crippen molar-refractivity contribution >= 4 is 23.9 Å². The smallest absolute Gasteiger partial charge is 0.205 e. The van der Waals surface area contributed by atoms with Gasteiger partial charge in [-0.25, -0.2) is 0 Å². The van der Waals surface area contributed by atoms with Gasteiger partial charge in [0.2, 0.25) is 18.1 Å². The topological polar surface area (TPSA) is 35.5 Å². The normalized spacial score (nSPS) is 14.0. The van der Waals surface area contributed by atoms with Crippen LogP contribution in [0, 0.1) is 22.7 Å². The molecule has 0 aliphatic rings. The van der Waals surface area contributed by atoms with Crippen LogP contribution in [0.2, 0.25) is 26.2 Å². The number of rotatable bonds is 7. The molecular formula is C30H42O3Si2. The molecule has 35 heavy (non-hydrogen) atoms. The summed E-state index contributed by atoms with van der Waals surface area (Å²) in [5, 5.41) is 0. The van der Waals surface area contributed by atoms with Crippen LogP contribution in [0.15, 0.2) is 42.5 Å². The van der Waals surface area contributed by atoms with Crippen molar-refractivity contribution in [2.75, 3.05) is 0 Å². The second-order valence-corrected chi connectivity index (χ2v) is 15.9. The number of hydrogen-bond donors (Lipinski definition) is 0. The molecule has 0 aromatic heterocycles. The lowest BCUT2D eigenvalue weighted by Crippen LogP contribution is -2.31. The summed E-state index contributed by atoms with van der Waals surface area (Å²) in [6, 6.07) is 14.0. The van der Waals surface area contributed by atoms with E-state index in [9.17, 15) is 4.79 Å². The Morgan fingerprint density at radius 2 is 1.23 bits per heavy atom. The van der Waals surface area contributed by atoms with Gasteiger partial charge >= 0.3 is 0 Å². The van der Waals surface area contributed by atoms with Gasteiger partial charge in [0.05, 0.1) is 12.2 Å². The molecule has 0 amide bonds. The summed E-state index contributed by atoms with van der Waals surface area (Å²) in [6.45, 7) is 23.8. The Balaban J connectivity index is 2.69. The van der Waals surface area contributed by atoms with Gasteiger partial charge in [0.25, 0.3) is 0 Å². The van der Waals surface area contributed by atoms with Crippen molar-refractivity contribution in [3.05, 3.63) is 70.3 Å². The van der Waals surface area contributed by atoms with Gasteiger partial charge in [-0.2, -0.15) is 0 Å². The lowest BCUT2D eigenvalue weighted by atomic mass is 9.77. The molecule has 2 rings (SSSR count). The first kappa shape index (κ1) is 29.3. The maximum Gasteiger partial charge on any atom is 0.205 e. The van der Waals surface area contributed by atoms with Crippen molar-refractivity contribution in [2.45, 2.75) is 86.9 Å².